The van der Waals surface area contributed by atoms with Crippen LogP contribution in [0, 0.1) is 29.1 Å². The minimum absolute atomic E-state index is 0.146. The normalized spacial score (nSPS) is 11.1. The first-order valence-corrected chi connectivity index (χ1v) is 13.2. The van der Waals surface area contributed by atoms with E-state index in [0.29, 0.717) is 0 Å². The van der Waals surface area contributed by atoms with Crippen molar-refractivity contribution in [3.8, 4) is 11.5 Å². The maximum absolute atomic E-state index is 12.6. The lowest BCUT2D eigenvalue weighted by Crippen LogP contribution is -2.12. The Morgan fingerprint density at radius 3 is 1.26 bits per heavy atom. The molecule has 12 heteroatoms. The van der Waals surface area contributed by atoms with Crippen LogP contribution in [0.15, 0.2) is 98.4 Å². The van der Waals surface area contributed by atoms with Crippen molar-refractivity contribution >= 4 is 21.0 Å². The Kier molecular flexibility index (Phi) is 9.36. The number of hydrogen-bond acceptors (Lipinski definition) is 5. The van der Waals surface area contributed by atoms with Gasteiger partial charge in [0.05, 0.1) is 25.1 Å². The quantitative estimate of drug-likeness (QED) is 0.0923. The van der Waals surface area contributed by atoms with Crippen LogP contribution in [0.5, 0.6) is 11.5 Å². The molecule has 0 aromatic heterocycles. The van der Waals surface area contributed by atoms with Crippen molar-refractivity contribution in [2.45, 2.75) is 19.6 Å². The van der Waals surface area contributed by atoms with Crippen molar-refractivity contribution in [3.63, 3.8) is 0 Å². The van der Waals surface area contributed by atoms with Gasteiger partial charge in [0.1, 0.15) is 26.5 Å². The van der Waals surface area contributed by atoms with Crippen molar-refractivity contribution in [2.75, 3.05) is 14.2 Å². The summed E-state index contributed by atoms with van der Waals surface area (Å²) < 4.78 is 103. The van der Waals surface area contributed by atoms with Gasteiger partial charge in [-0.15, -0.1) is 0 Å². The molecule has 0 aliphatic carbocycles. The van der Waals surface area contributed by atoms with Gasteiger partial charge in [-0.05, 0) is 60.7 Å². The third kappa shape index (κ3) is 6.44. The van der Waals surface area contributed by atoms with Crippen LogP contribution in [0.2, 0.25) is 0 Å². The molecule has 0 aliphatic heterocycles. The Labute approximate surface area is 218 Å². The second kappa shape index (κ2) is 12.3. The Hall–Kier alpha value is -3.61. The van der Waals surface area contributed by atoms with E-state index in [9.17, 15) is 34.9 Å². The van der Waals surface area contributed by atoms with Crippen LogP contribution in [0.25, 0.3) is 0 Å². The summed E-state index contributed by atoms with van der Waals surface area (Å²) in [4.78, 5) is 1.45. The first kappa shape index (κ1) is 29.0. The highest BCUT2D eigenvalue weighted by Gasteiger charge is 2.29. The fraction of sp³-hybridized carbons (Fsp3) is 0.0769. The van der Waals surface area contributed by atoms with Gasteiger partial charge in [-0.1, -0.05) is 18.2 Å². The maximum atomic E-state index is 12.6. The molecule has 0 radical (unpaired) electrons. The second-order valence-corrected chi connectivity index (χ2v) is 10.7. The van der Waals surface area contributed by atoms with Gasteiger partial charge in [-0.25, -0.2) is 30.4 Å². The highest BCUT2D eigenvalue weighted by molar-refractivity contribution is 7.97. The molecule has 38 heavy (non-hydrogen) atoms. The standard InChI is InChI=1S/C20H19O2S.C6HF5O3S/c1-21-16-8-12-19(13-9-16)23(18-6-4-3-5-7-18)20-14-10-17(22-2)11-15-20;7-1-2(8)4(10)6(15(12,13)14)5(11)3(1)9/h3-15H,1-2H3;(H,12,13,14)/q+1;/p-1. The Balaban J connectivity index is 0.000000232. The number of benzene rings is 4. The largest absolute Gasteiger partial charge is 0.744 e. The molecule has 4 rings (SSSR count). The molecule has 0 bridgehead atoms. The highest BCUT2D eigenvalue weighted by atomic mass is 32.2. The van der Waals surface area contributed by atoms with Crippen molar-refractivity contribution in [1.29, 1.82) is 0 Å². The van der Waals surface area contributed by atoms with Crippen LogP contribution in [-0.4, -0.2) is 27.2 Å². The molecule has 0 N–H and O–H groups in total. The Bertz CT molecular complexity index is 1420. The van der Waals surface area contributed by atoms with Crippen molar-refractivity contribution in [2.24, 2.45) is 0 Å². The first-order valence-electron chi connectivity index (χ1n) is 10.5. The lowest BCUT2D eigenvalue weighted by atomic mass is 10.3. The molecular formula is C26H19F5O5S2. The van der Waals surface area contributed by atoms with Gasteiger partial charge in [0.2, 0.25) is 5.82 Å². The van der Waals surface area contributed by atoms with E-state index in [1.165, 1.54) is 14.7 Å². The lowest BCUT2D eigenvalue weighted by molar-refractivity contribution is 0.350. The van der Waals surface area contributed by atoms with E-state index >= 15 is 0 Å². The number of hydrogen-bond donors (Lipinski definition) is 0. The highest BCUT2D eigenvalue weighted by Crippen LogP contribution is 2.33. The average Bonchev–Trinajstić information content (AvgIpc) is 2.92. The predicted molar refractivity (Wildman–Crippen MR) is 129 cm³/mol. The molecule has 4 aromatic rings. The van der Waals surface area contributed by atoms with E-state index in [2.05, 4.69) is 48.5 Å². The monoisotopic (exact) mass is 570 g/mol. The number of ether oxygens (including phenoxy) is 2. The zero-order valence-corrected chi connectivity index (χ0v) is 21.4. The van der Waals surface area contributed by atoms with Crippen LogP contribution < -0.4 is 9.47 Å². The van der Waals surface area contributed by atoms with E-state index in [1.54, 1.807) is 14.2 Å². The van der Waals surface area contributed by atoms with Gasteiger partial charge in [0.15, 0.2) is 38.0 Å². The van der Waals surface area contributed by atoms with Gasteiger partial charge in [0.25, 0.3) is 0 Å². The topological polar surface area (TPSA) is 75.7 Å². The average molecular weight is 571 g/mol. The minimum atomic E-state index is -5.77. The molecule has 0 unspecified atom stereocenters. The summed E-state index contributed by atoms with van der Waals surface area (Å²) in [6, 6.07) is 27.2. The van der Waals surface area contributed by atoms with Crippen LogP contribution in [0.4, 0.5) is 22.0 Å². The summed E-state index contributed by atoms with van der Waals surface area (Å²) >= 11 is 0. The van der Waals surface area contributed by atoms with Crippen molar-refractivity contribution in [3.05, 3.63) is 108 Å². The second-order valence-electron chi connectivity index (χ2n) is 7.32. The van der Waals surface area contributed by atoms with E-state index in [-0.39, 0.29) is 10.9 Å². The SMILES string of the molecule is COc1ccc([S+](c2ccccc2)c2ccc(OC)cc2)cc1.O=S(=O)([O-])c1c(F)c(F)c(F)c(F)c1F. The Morgan fingerprint density at radius 2 is 0.921 bits per heavy atom. The molecule has 0 heterocycles. The first-order chi connectivity index (χ1) is 18.0. The smallest absolute Gasteiger partial charge is 0.200 e. The van der Waals surface area contributed by atoms with Gasteiger partial charge >= 0.3 is 0 Å². The fourth-order valence-electron chi connectivity index (χ4n) is 3.19. The number of halogens is 5. The molecular weight excluding hydrogens is 551 g/mol. The van der Waals surface area contributed by atoms with E-state index in [0.717, 1.165) is 11.5 Å². The van der Waals surface area contributed by atoms with Crippen molar-refractivity contribution in [1.82, 2.24) is 0 Å². The van der Waals surface area contributed by atoms with Gasteiger partial charge in [-0.3, -0.25) is 0 Å². The van der Waals surface area contributed by atoms with Crippen LogP contribution in [-0.2, 0) is 21.0 Å². The number of methoxy groups -OCH3 is 2. The zero-order chi connectivity index (χ0) is 28.0. The molecule has 0 spiro atoms. The molecule has 200 valence electrons. The van der Waals surface area contributed by atoms with Gasteiger partial charge < -0.3 is 14.0 Å². The van der Waals surface area contributed by atoms with Crippen LogP contribution in [0.1, 0.15) is 0 Å². The molecule has 0 saturated heterocycles. The zero-order valence-electron chi connectivity index (χ0n) is 19.8. The summed E-state index contributed by atoms with van der Waals surface area (Å²) in [6.45, 7) is 0. The summed E-state index contributed by atoms with van der Waals surface area (Å²) in [5, 5.41) is 0. The van der Waals surface area contributed by atoms with Crippen LogP contribution in [0.3, 0.4) is 0 Å². The summed E-state index contributed by atoms with van der Waals surface area (Å²) in [6.07, 6.45) is 0. The van der Waals surface area contributed by atoms with Gasteiger partial charge in [-0.2, -0.15) is 0 Å². The molecule has 0 aliphatic rings. The van der Waals surface area contributed by atoms with Crippen molar-refractivity contribution < 1.29 is 44.4 Å². The minimum Gasteiger partial charge on any atom is -0.744 e. The molecule has 4 aromatic carbocycles. The fourth-order valence-corrected chi connectivity index (χ4v) is 5.87. The molecule has 0 saturated carbocycles. The van der Waals surface area contributed by atoms with Gasteiger partial charge in [0, 0.05) is 0 Å². The number of rotatable bonds is 6. The van der Waals surface area contributed by atoms with E-state index < -0.39 is 44.1 Å². The van der Waals surface area contributed by atoms with E-state index in [4.69, 9.17) is 9.47 Å². The third-order valence-electron chi connectivity index (χ3n) is 4.99. The molecule has 0 amide bonds. The molecule has 0 atom stereocenters. The van der Waals surface area contributed by atoms with E-state index in [1.807, 2.05) is 30.3 Å². The van der Waals surface area contributed by atoms with Crippen LogP contribution >= 0.6 is 0 Å². The third-order valence-corrected chi connectivity index (χ3v) is 8.08. The molecule has 5 nitrogen and oxygen atoms in total. The maximum Gasteiger partial charge on any atom is 0.200 e. The summed E-state index contributed by atoms with van der Waals surface area (Å²) in [7, 11) is -2.54. The molecule has 0 fully saturated rings. The Morgan fingerprint density at radius 1 is 0.579 bits per heavy atom. The summed E-state index contributed by atoms with van der Waals surface area (Å²) in [5.41, 5.74) is 0. The predicted octanol–water partition coefficient (Wildman–Crippen LogP) is 6.09. The lowest BCUT2D eigenvalue weighted by Gasteiger charge is -2.10. The summed E-state index contributed by atoms with van der Waals surface area (Å²) in [5.74, 6) is -11.1.